The lowest BCUT2D eigenvalue weighted by molar-refractivity contribution is 0.194. The lowest BCUT2D eigenvalue weighted by atomic mass is 10.1. The minimum atomic E-state index is 0.273. The quantitative estimate of drug-likeness (QED) is 0.589. The predicted molar refractivity (Wildman–Crippen MR) is 61.5 cm³/mol. The van der Waals surface area contributed by atoms with E-state index in [0.717, 1.165) is 31.3 Å². The third-order valence-corrected chi connectivity index (χ3v) is 2.68. The zero-order valence-corrected chi connectivity index (χ0v) is 9.76. The summed E-state index contributed by atoms with van der Waals surface area (Å²) in [5.41, 5.74) is 0. The number of hydrogen-bond acceptors (Lipinski definition) is 3. The van der Waals surface area contributed by atoms with Crippen molar-refractivity contribution in [1.29, 1.82) is 0 Å². The Morgan fingerprint density at radius 3 is 2.46 bits per heavy atom. The molecule has 1 N–H and O–H groups in total. The lowest BCUT2D eigenvalue weighted by Gasteiger charge is -2.20. The summed E-state index contributed by atoms with van der Waals surface area (Å²) in [6, 6.07) is 0. The van der Waals surface area contributed by atoms with Crippen LogP contribution in [0.3, 0.4) is 0 Å². The molecule has 0 saturated heterocycles. The Morgan fingerprint density at radius 2 is 2.00 bits per heavy atom. The van der Waals surface area contributed by atoms with E-state index in [1.807, 2.05) is 0 Å². The van der Waals surface area contributed by atoms with E-state index < -0.39 is 0 Å². The molecule has 0 aliphatic carbocycles. The Kier molecular flexibility index (Phi) is 9.03. The molecular formula is C10H23NOS. The fourth-order valence-corrected chi connectivity index (χ4v) is 1.78. The van der Waals surface area contributed by atoms with Crippen LogP contribution < -0.4 is 0 Å². The van der Waals surface area contributed by atoms with Crippen LogP contribution >= 0.6 is 12.6 Å². The molecule has 0 radical (unpaired) electrons. The topological polar surface area (TPSA) is 23.5 Å². The largest absolute Gasteiger partial charge is 0.395 e. The van der Waals surface area contributed by atoms with Crippen molar-refractivity contribution in [2.45, 2.75) is 26.7 Å². The van der Waals surface area contributed by atoms with Crippen LogP contribution in [0.25, 0.3) is 0 Å². The molecule has 3 heteroatoms. The summed E-state index contributed by atoms with van der Waals surface area (Å²) >= 11 is 4.22. The monoisotopic (exact) mass is 205 g/mol. The normalized spacial score (nSPS) is 13.6. The second-order valence-electron chi connectivity index (χ2n) is 3.56. The smallest absolute Gasteiger partial charge is 0.0558 e. The van der Waals surface area contributed by atoms with E-state index in [1.165, 1.54) is 12.8 Å². The average Bonchev–Trinajstić information content (AvgIpc) is 2.12. The van der Waals surface area contributed by atoms with Gasteiger partial charge in [0, 0.05) is 6.54 Å². The molecule has 0 aliphatic heterocycles. The molecule has 13 heavy (non-hydrogen) atoms. The fourth-order valence-electron chi connectivity index (χ4n) is 1.34. The van der Waals surface area contributed by atoms with Gasteiger partial charge in [-0.3, -0.25) is 0 Å². The van der Waals surface area contributed by atoms with Gasteiger partial charge in [0.15, 0.2) is 0 Å². The molecule has 0 rings (SSSR count). The molecule has 1 atom stereocenters. The third kappa shape index (κ3) is 7.35. The molecule has 0 aromatic rings. The van der Waals surface area contributed by atoms with Crippen molar-refractivity contribution in [3.8, 4) is 0 Å². The number of likely N-dealkylation sites (N-methyl/N-ethyl adjacent to an activating group) is 1. The van der Waals surface area contributed by atoms with Gasteiger partial charge in [0.25, 0.3) is 0 Å². The van der Waals surface area contributed by atoms with Crippen LogP contribution in [0.1, 0.15) is 26.7 Å². The van der Waals surface area contributed by atoms with Crippen LogP contribution in [0.4, 0.5) is 0 Å². The van der Waals surface area contributed by atoms with E-state index in [4.69, 9.17) is 5.11 Å². The number of rotatable bonds is 8. The number of thiol groups is 1. The van der Waals surface area contributed by atoms with Crippen LogP contribution in [0, 0.1) is 5.92 Å². The van der Waals surface area contributed by atoms with E-state index in [1.54, 1.807) is 0 Å². The molecule has 0 aromatic heterocycles. The van der Waals surface area contributed by atoms with E-state index in [2.05, 4.69) is 31.4 Å². The fraction of sp³-hybridized carbons (Fsp3) is 1.00. The Hall–Kier alpha value is 0.270. The number of nitrogens with zero attached hydrogens (tertiary/aromatic N) is 1. The number of aliphatic hydroxyl groups is 1. The first-order chi connectivity index (χ1) is 6.24. The lowest BCUT2D eigenvalue weighted by Crippen LogP contribution is -2.28. The summed E-state index contributed by atoms with van der Waals surface area (Å²) < 4.78 is 0. The van der Waals surface area contributed by atoms with Crippen molar-refractivity contribution in [3.05, 3.63) is 0 Å². The first-order valence-corrected chi connectivity index (χ1v) is 5.81. The van der Waals surface area contributed by atoms with Gasteiger partial charge in [0.1, 0.15) is 0 Å². The van der Waals surface area contributed by atoms with Crippen molar-refractivity contribution in [2.24, 2.45) is 5.92 Å². The molecule has 0 aliphatic rings. The third-order valence-electron chi connectivity index (χ3n) is 2.42. The van der Waals surface area contributed by atoms with Gasteiger partial charge in [-0.15, -0.1) is 0 Å². The Bertz CT molecular complexity index is 111. The predicted octanol–water partition coefficient (Wildman–Crippen LogP) is 1.65. The van der Waals surface area contributed by atoms with Crippen molar-refractivity contribution in [2.75, 3.05) is 32.0 Å². The van der Waals surface area contributed by atoms with Gasteiger partial charge < -0.3 is 10.0 Å². The maximum Gasteiger partial charge on any atom is 0.0558 e. The van der Waals surface area contributed by atoms with E-state index >= 15 is 0 Å². The molecule has 80 valence electrons. The van der Waals surface area contributed by atoms with Crippen LogP contribution in [-0.4, -0.2) is 42.0 Å². The molecule has 1 unspecified atom stereocenters. The number of hydrogen-bond donors (Lipinski definition) is 2. The van der Waals surface area contributed by atoms with Gasteiger partial charge in [0.05, 0.1) is 6.61 Å². The van der Waals surface area contributed by atoms with Crippen molar-refractivity contribution in [1.82, 2.24) is 4.90 Å². The second kappa shape index (κ2) is 8.85. The zero-order valence-electron chi connectivity index (χ0n) is 8.87. The van der Waals surface area contributed by atoms with Crippen LogP contribution in [0.5, 0.6) is 0 Å². The van der Waals surface area contributed by atoms with Crippen LogP contribution in [0.2, 0.25) is 0 Å². The molecule has 2 nitrogen and oxygen atoms in total. The Balaban J connectivity index is 3.46. The Labute approximate surface area is 87.7 Å². The average molecular weight is 205 g/mol. The maximum absolute atomic E-state index is 8.78. The van der Waals surface area contributed by atoms with E-state index in [0.29, 0.717) is 0 Å². The molecular weight excluding hydrogens is 182 g/mol. The molecule has 0 fully saturated rings. The first kappa shape index (κ1) is 13.3. The molecule has 0 bridgehead atoms. The second-order valence-corrected chi connectivity index (χ2v) is 4.01. The van der Waals surface area contributed by atoms with Gasteiger partial charge in [-0.2, -0.15) is 12.6 Å². The minimum absolute atomic E-state index is 0.273. The van der Waals surface area contributed by atoms with Crippen molar-refractivity contribution >= 4 is 12.6 Å². The summed E-state index contributed by atoms with van der Waals surface area (Å²) in [6.07, 6.45) is 2.41. The first-order valence-electron chi connectivity index (χ1n) is 5.18. The van der Waals surface area contributed by atoms with Gasteiger partial charge in [-0.25, -0.2) is 0 Å². The highest BCUT2D eigenvalue weighted by atomic mass is 32.1. The van der Waals surface area contributed by atoms with E-state index in [-0.39, 0.29) is 6.61 Å². The van der Waals surface area contributed by atoms with Gasteiger partial charge in [-0.05, 0) is 37.6 Å². The maximum atomic E-state index is 8.78. The van der Waals surface area contributed by atoms with Crippen molar-refractivity contribution in [3.63, 3.8) is 0 Å². The van der Waals surface area contributed by atoms with Crippen LogP contribution in [-0.2, 0) is 0 Å². The molecule has 0 spiro atoms. The highest BCUT2D eigenvalue weighted by Crippen LogP contribution is 2.08. The minimum Gasteiger partial charge on any atom is -0.395 e. The van der Waals surface area contributed by atoms with Gasteiger partial charge >= 0.3 is 0 Å². The standard InChI is InChI=1S/C10H23NOS/c1-3-11(7-8-12)6-4-10(2)5-9-13/h10,12-13H,3-9H2,1-2H3. The molecule has 0 aromatic carbocycles. The summed E-state index contributed by atoms with van der Waals surface area (Å²) in [4.78, 5) is 2.29. The molecule has 0 heterocycles. The van der Waals surface area contributed by atoms with Gasteiger partial charge in [-0.1, -0.05) is 13.8 Å². The Morgan fingerprint density at radius 1 is 1.31 bits per heavy atom. The summed E-state index contributed by atoms with van der Waals surface area (Å²) in [5.74, 6) is 1.73. The SMILES string of the molecule is CCN(CCO)CCC(C)CCS. The van der Waals surface area contributed by atoms with Crippen LogP contribution in [0.15, 0.2) is 0 Å². The summed E-state index contributed by atoms with van der Waals surface area (Å²) in [6.45, 7) is 7.63. The number of aliphatic hydroxyl groups excluding tert-OH is 1. The molecule has 0 amide bonds. The van der Waals surface area contributed by atoms with Crippen molar-refractivity contribution < 1.29 is 5.11 Å². The zero-order chi connectivity index (χ0) is 10.1. The van der Waals surface area contributed by atoms with Gasteiger partial charge in [0.2, 0.25) is 0 Å². The highest BCUT2D eigenvalue weighted by molar-refractivity contribution is 7.80. The summed E-state index contributed by atoms with van der Waals surface area (Å²) in [5, 5.41) is 8.78. The highest BCUT2D eigenvalue weighted by Gasteiger charge is 2.05. The van der Waals surface area contributed by atoms with E-state index in [9.17, 15) is 0 Å². The molecule has 0 saturated carbocycles. The summed E-state index contributed by atoms with van der Waals surface area (Å²) in [7, 11) is 0.